The van der Waals surface area contributed by atoms with Crippen LogP contribution in [0.3, 0.4) is 0 Å². The summed E-state index contributed by atoms with van der Waals surface area (Å²) in [5.41, 5.74) is 2.92. The SMILES string of the molecule is C[C@H](C(=O)N1CCc2ccccc21)N1CCN(CC(=O)Nc2ccccc2Cl)CC1. The monoisotopic (exact) mass is 426 g/mol. The summed E-state index contributed by atoms with van der Waals surface area (Å²) in [6.07, 6.45) is 0.920. The van der Waals surface area contributed by atoms with Crippen LogP contribution >= 0.6 is 11.6 Å². The number of anilines is 2. The summed E-state index contributed by atoms with van der Waals surface area (Å²) in [4.78, 5) is 31.7. The van der Waals surface area contributed by atoms with Gasteiger partial charge in [0.05, 0.1) is 23.3 Å². The van der Waals surface area contributed by atoms with Gasteiger partial charge in [0, 0.05) is 38.4 Å². The molecule has 4 rings (SSSR count). The Morgan fingerprint density at radius 3 is 2.47 bits per heavy atom. The van der Waals surface area contributed by atoms with Crippen molar-refractivity contribution >= 4 is 34.8 Å². The number of hydrogen-bond acceptors (Lipinski definition) is 4. The fourth-order valence-corrected chi connectivity index (χ4v) is 4.40. The van der Waals surface area contributed by atoms with E-state index in [2.05, 4.69) is 21.2 Å². The third-order valence-corrected chi connectivity index (χ3v) is 6.31. The zero-order valence-electron chi connectivity index (χ0n) is 17.2. The molecule has 0 aromatic heterocycles. The van der Waals surface area contributed by atoms with Crippen molar-refractivity contribution in [1.29, 1.82) is 0 Å². The number of carbonyl (C=O) groups excluding carboxylic acids is 2. The van der Waals surface area contributed by atoms with Gasteiger partial charge in [0.2, 0.25) is 11.8 Å². The maximum Gasteiger partial charge on any atom is 0.244 e. The quantitative estimate of drug-likeness (QED) is 0.798. The van der Waals surface area contributed by atoms with E-state index in [-0.39, 0.29) is 17.9 Å². The molecule has 2 amide bonds. The van der Waals surface area contributed by atoms with Crippen LogP contribution in [0.5, 0.6) is 0 Å². The highest BCUT2D eigenvalue weighted by molar-refractivity contribution is 6.33. The normalized spacial score (nSPS) is 18.1. The third kappa shape index (κ3) is 4.51. The van der Waals surface area contributed by atoms with E-state index >= 15 is 0 Å². The molecular formula is C23H27ClN4O2. The van der Waals surface area contributed by atoms with E-state index in [0.717, 1.165) is 44.8 Å². The molecule has 7 heteroatoms. The summed E-state index contributed by atoms with van der Waals surface area (Å²) < 4.78 is 0. The number of fused-ring (bicyclic) bond motifs is 1. The first-order valence-corrected chi connectivity index (χ1v) is 10.8. The number of nitrogens with zero attached hydrogens (tertiary/aromatic N) is 3. The van der Waals surface area contributed by atoms with Gasteiger partial charge in [-0.2, -0.15) is 0 Å². The van der Waals surface area contributed by atoms with Gasteiger partial charge < -0.3 is 10.2 Å². The molecule has 0 aliphatic carbocycles. The van der Waals surface area contributed by atoms with Crippen LogP contribution in [-0.2, 0) is 16.0 Å². The molecule has 1 saturated heterocycles. The van der Waals surface area contributed by atoms with E-state index in [9.17, 15) is 9.59 Å². The van der Waals surface area contributed by atoms with Crippen molar-refractivity contribution in [2.75, 3.05) is 49.5 Å². The Hall–Kier alpha value is -2.41. The van der Waals surface area contributed by atoms with Gasteiger partial charge in [-0.1, -0.05) is 41.9 Å². The van der Waals surface area contributed by atoms with Crippen molar-refractivity contribution in [2.24, 2.45) is 0 Å². The number of nitrogens with one attached hydrogen (secondary N) is 1. The van der Waals surface area contributed by atoms with Gasteiger partial charge in [0.1, 0.15) is 0 Å². The third-order valence-electron chi connectivity index (χ3n) is 5.98. The van der Waals surface area contributed by atoms with Gasteiger partial charge in [-0.15, -0.1) is 0 Å². The minimum absolute atomic E-state index is 0.0747. The fraction of sp³-hybridized carbons (Fsp3) is 0.391. The molecular weight excluding hydrogens is 400 g/mol. The largest absolute Gasteiger partial charge is 0.324 e. The maximum atomic E-state index is 13.1. The van der Waals surface area contributed by atoms with Crippen molar-refractivity contribution in [3.8, 4) is 0 Å². The number of hydrogen-bond donors (Lipinski definition) is 1. The highest BCUT2D eigenvalue weighted by atomic mass is 35.5. The van der Waals surface area contributed by atoms with Gasteiger partial charge in [0.25, 0.3) is 0 Å². The first kappa shape index (κ1) is 20.8. The molecule has 1 N–H and O–H groups in total. The molecule has 0 bridgehead atoms. The van der Waals surface area contributed by atoms with Crippen LogP contribution in [-0.4, -0.2) is 66.9 Å². The number of para-hydroxylation sites is 2. The molecule has 0 radical (unpaired) electrons. The molecule has 2 heterocycles. The topological polar surface area (TPSA) is 55.9 Å². The van der Waals surface area contributed by atoms with Crippen molar-refractivity contribution < 1.29 is 9.59 Å². The van der Waals surface area contributed by atoms with Crippen LogP contribution in [0.1, 0.15) is 12.5 Å². The Morgan fingerprint density at radius 2 is 1.70 bits per heavy atom. The molecule has 2 aromatic carbocycles. The number of carbonyl (C=O) groups is 2. The van der Waals surface area contributed by atoms with E-state index in [1.165, 1.54) is 5.56 Å². The number of benzene rings is 2. The summed E-state index contributed by atoms with van der Waals surface area (Å²) in [6, 6.07) is 15.2. The van der Waals surface area contributed by atoms with Crippen LogP contribution in [0.25, 0.3) is 0 Å². The van der Waals surface area contributed by atoms with Gasteiger partial charge in [-0.3, -0.25) is 19.4 Å². The molecule has 2 aromatic rings. The van der Waals surface area contributed by atoms with E-state index in [1.54, 1.807) is 12.1 Å². The summed E-state index contributed by atoms with van der Waals surface area (Å²) in [7, 11) is 0. The van der Waals surface area contributed by atoms with Gasteiger partial charge in [-0.25, -0.2) is 0 Å². The number of rotatable bonds is 5. The van der Waals surface area contributed by atoms with E-state index in [4.69, 9.17) is 11.6 Å². The number of halogens is 1. The van der Waals surface area contributed by atoms with Crippen molar-refractivity contribution in [3.63, 3.8) is 0 Å². The zero-order chi connectivity index (χ0) is 21.1. The number of amides is 2. The lowest BCUT2D eigenvalue weighted by molar-refractivity contribution is -0.124. The van der Waals surface area contributed by atoms with E-state index < -0.39 is 0 Å². The summed E-state index contributed by atoms with van der Waals surface area (Å²) in [5, 5.41) is 3.40. The van der Waals surface area contributed by atoms with Crippen molar-refractivity contribution in [3.05, 3.63) is 59.1 Å². The van der Waals surface area contributed by atoms with E-state index in [0.29, 0.717) is 17.3 Å². The summed E-state index contributed by atoms with van der Waals surface area (Å²) in [6.45, 7) is 6.10. The van der Waals surface area contributed by atoms with Crippen LogP contribution in [0, 0.1) is 0 Å². The Labute approximate surface area is 182 Å². The van der Waals surface area contributed by atoms with Gasteiger partial charge >= 0.3 is 0 Å². The Balaban J connectivity index is 1.27. The Kier molecular flexibility index (Phi) is 6.37. The fourth-order valence-electron chi connectivity index (χ4n) is 4.21. The first-order chi connectivity index (χ1) is 14.5. The summed E-state index contributed by atoms with van der Waals surface area (Å²) >= 11 is 6.11. The average molecular weight is 427 g/mol. The highest BCUT2D eigenvalue weighted by Crippen LogP contribution is 2.28. The molecule has 30 heavy (non-hydrogen) atoms. The average Bonchev–Trinajstić information content (AvgIpc) is 3.19. The molecule has 0 spiro atoms. The second-order valence-electron chi connectivity index (χ2n) is 7.88. The summed E-state index contributed by atoms with van der Waals surface area (Å²) in [5.74, 6) is 0.0826. The highest BCUT2D eigenvalue weighted by Gasteiger charge is 2.32. The van der Waals surface area contributed by atoms with Crippen LogP contribution in [0.15, 0.2) is 48.5 Å². The molecule has 2 aliphatic rings. The van der Waals surface area contributed by atoms with Crippen LogP contribution < -0.4 is 10.2 Å². The van der Waals surface area contributed by atoms with Crippen LogP contribution in [0.4, 0.5) is 11.4 Å². The predicted molar refractivity (Wildman–Crippen MR) is 120 cm³/mol. The minimum atomic E-state index is -0.171. The smallest absolute Gasteiger partial charge is 0.244 e. The molecule has 0 unspecified atom stereocenters. The number of piperazine rings is 1. The molecule has 1 atom stereocenters. The first-order valence-electron chi connectivity index (χ1n) is 10.4. The van der Waals surface area contributed by atoms with Gasteiger partial charge in [0.15, 0.2) is 0 Å². The standard InChI is InChI=1S/C23H27ClN4O2/c1-17(23(30)28-11-10-18-6-2-5-9-21(18)28)27-14-12-26(13-15-27)16-22(29)25-20-8-4-3-7-19(20)24/h2-9,17H,10-16H2,1H3,(H,25,29)/t17-/m1/s1. The predicted octanol–water partition coefficient (Wildman–Crippen LogP) is 2.87. The molecule has 6 nitrogen and oxygen atoms in total. The van der Waals surface area contributed by atoms with Crippen molar-refractivity contribution in [2.45, 2.75) is 19.4 Å². The van der Waals surface area contributed by atoms with Crippen molar-refractivity contribution in [1.82, 2.24) is 9.80 Å². The second kappa shape index (κ2) is 9.16. The zero-order valence-corrected chi connectivity index (χ0v) is 17.9. The second-order valence-corrected chi connectivity index (χ2v) is 8.29. The molecule has 158 valence electrons. The molecule has 1 fully saturated rings. The maximum absolute atomic E-state index is 13.1. The minimum Gasteiger partial charge on any atom is -0.324 e. The molecule has 0 saturated carbocycles. The van der Waals surface area contributed by atoms with E-state index in [1.807, 2.05) is 42.2 Å². The molecule has 2 aliphatic heterocycles. The Morgan fingerprint density at radius 1 is 1.00 bits per heavy atom. The van der Waals surface area contributed by atoms with Crippen LogP contribution in [0.2, 0.25) is 5.02 Å². The van der Waals surface area contributed by atoms with Gasteiger partial charge in [-0.05, 0) is 37.1 Å². The lowest BCUT2D eigenvalue weighted by Crippen LogP contribution is -2.55. The lowest BCUT2D eigenvalue weighted by atomic mass is 10.1. The Bertz CT molecular complexity index is 927. The lowest BCUT2D eigenvalue weighted by Gasteiger charge is -2.38.